The molecule has 0 saturated carbocycles. The second kappa shape index (κ2) is 11.5. The Kier molecular flexibility index (Phi) is 7.47. The molecule has 11 nitrogen and oxygen atoms in total. The molecule has 4 aliphatic rings. The van der Waals surface area contributed by atoms with Gasteiger partial charge in [0.1, 0.15) is 0 Å². The van der Waals surface area contributed by atoms with Crippen LogP contribution in [0.3, 0.4) is 0 Å². The molecule has 1 amide bonds. The van der Waals surface area contributed by atoms with E-state index in [4.69, 9.17) is 19.8 Å². The molecule has 0 spiro atoms. The summed E-state index contributed by atoms with van der Waals surface area (Å²) in [5.74, 6) is 2.58. The van der Waals surface area contributed by atoms with Crippen LogP contribution in [-0.4, -0.2) is 79.7 Å². The number of piperidine rings is 1. The van der Waals surface area contributed by atoms with Crippen molar-refractivity contribution in [1.82, 2.24) is 39.7 Å². The number of amides is 1. The average molecular weight is 560 g/mol. The van der Waals surface area contributed by atoms with Gasteiger partial charge >= 0.3 is 0 Å². The maximum atomic E-state index is 12.3. The zero-order valence-electron chi connectivity index (χ0n) is 24.1. The van der Waals surface area contributed by atoms with E-state index in [-0.39, 0.29) is 5.91 Å². The highest BCUT2D eigenvalue weighted by Gasteiger charge is 2.33. The van der Waals surface area contributed by atoms with Gasteiger partial charge in [-0.3, -0.25) is 14.2 Å². The zero-order chi connectivity index (χ0) is 27.8. The molecule has 41 heavy (non-hydrogen) atoms. The Hall–Kier alpha value is -3.31. The van der Waals surface area contributed by atoms with Crippen molar-refractivity contribution >= 4 is 17.4 Å². The molecular formula is C30H41N9O2. The number of carbonyl (C=O) groups excluding carboxylic acids is 1. The van der Waals surface area contributed by atoms with Gasteiger partial charge in [0.2, 0.25) is 5.91 Å². The summed E-state index contributed by atoms with van der Waals surface area (Å²) >= 11 is 0. The Bertz CT molecular complexity index is 1390. The number of aryl methyl sites for hydroxylation is 2. The minimum absolute atomic E-state index is 0.115. The number of anilines is 2. The lowest BCUT2D eigenvalue weighted by Gasteiger charge is -2.32. The molecule has 7 rings (SSSR count). The highest BCUT2D eigenvalue weighted by atomic mass is 16.5. The maximum absolute atomic E-state index is 12.3. The Balaban J connectivity index is 1.15. The smallest absolute Gasteiger partial charge is 0.219 e. The van der Waals surface area contributed by atoms with Gasteiger partial charge in [-0.25, -0.2) is 9.97 Å². The normalized spacial score (nSPS) is 20.2. The molecule has 4 aliphatic heterocycles. The topological polar surface area (TPSA) is 106 Å². The van der Waals surface area contributed by atoms with Crippen LogP contribution in [-0.2, 0) is 35.5 Å². The highest BCUT2D eigenvalue weighted by Crippen LogP contribution is 2.39. The number of carbonyl (C=O) groups is 1. The second-order valence-corrected chi connectivity index (χ2v) is 12.0. The first-order valence-corrected chi connectivity index (χ1v) is 15.4. The lowest BCUT2D eigenvalue weighted by molar-refractivity contribution is -0.129. The first-order valence-electron chi connectivity index (χ1n) is 15.4. The summed E-state index contributed by atoms with van der Waals surface area (Å²) in [6, 6.07) is 0.337. The van der Waals surface area contributed by atoms with Crippen molar-refractivity contribution in [3.8, 4) is 11.4 Å². The number of nitrogens with zero attached hydrogens (tertiary/aromatic N) is 8. The number of fused-ring (bicyclic) bond motifs is 2. The van der Waals surface area contributed by atoms with Gasteiger partial charge in [-0.2, -0.15) is 10.2 Å². The molecule has 3 aromatic rings. The molecule has 0 atom stereocenters. The summed E-state index contributed by atoms with van der Waals surface area (Å²) in [4.78, 5) is 26.4. The van der Waals surface area contributed by atoms with Crippen molar-refractivity contribution in [2.75, 3.05) is 44.3 Å². The Labute approximate surface area is 241 Å². The van der Waals surface area contributed by atoms with Gasteiger partial charge in [0.25, 0.3) is 0 Å². The first kappa shape index (κ1) is 26.6. The van der Waals surface area contributed by atoms with Crippen molar-refractivity contribution in [2.45, 2.75) is 77.4 Å². The quantitative estimate of drug-likeness (QED) is 0.491. The molecular weight excluding hydrogens is 518 g/mol. The molecule has 7 heterocycles. The van der Waals surface area contributed by atoms with E-state index in [1.165, 1.54) is 24.1 Å². The van der Waals surface area contributed by atoms with E-state index in [1.807, 2.05) is 22.0 Å². The number of rotatable bonds is 6. The third-order valence-corrected chi connectivity index (χ3v) is 9.35. The highest BCUT2D eigenvalue weighted by molar-refractivity contribution is 5.75. The molecule has 0 aliphatic carbocycles. The fraction of sp³-hybridized carbons (Fsp3) is 0.633. The van der Waals surface area contributed by atoms with Gasteiger partial charge < -0.3 is 19.9 Å². The fourth-order valence-electron chi connectivity index (χ4n) is 6.94. The molecule has 11 heteroatoms. The SMILES string of the molecule is CC(=O)N1CCc2c(c(N3CCCc4nc(-c5cnn(CCC6CCNCC6)c5)ncc43)nn2C2CCOCC2)C1. The predicted octanol–water partition coefficient (Wildman–Crippen LogP) is 3.27. The second-order valence-electron chi connectivity index (χ2n) is 12.0. The van der Waals surface area contributed by atoms with Gasteiger partial charge in [-0.05, 0) is 64.0 Å². The number of hydrogen-bond donors (Lipinski definition) is 1. The van der Waals surface area contributed by atoms with Gasteiger partial charge in [-0.15, -0.1) is 0 Å². The van der Waals surface area contributed by atoms with Crippen molar-refractivity contribution in [2.24, 2.45) is 5.92 Å². The summed E-state index contributed by atoms with van der Waals surface area (Å²) in [6.07, 6.45) is 14.3. The van der Waals surface area contributed by atoms with Crippen molar-refractivity contribution in [1.29, 1.82) is 0 Å². The van der Waals surface area contributed by atoms with Crippen LogP contribution in [0.2, 0.25) is 0 Å². The third kappa shape index (κ3) is 5.37. The Morgan fingerprint density at radius 3 is 2.78 bits per heavy atom. The molecule has 0 unspecified atom stereocenters. The molecule has 0 aromatic carbocycles. The van der Waals surface area contributed by atoms with Gasteiger partial charge in [-0.1, -0.05) is 0 Å². The molecule has 1 N–H and O–H groups in total. The lowest BCUT2D eigenvalue weighted by Crippen LogP contribution is -2.36. The molecule has 2 saturated heterocycles. The van der Waals surface area contributed by atoms with E-state index in [0.29, 0.717) is 12.6 Å². The molecule has 0 radical (unpaired) electrons. The van der Waals surface area contributed by atoms with Gasteiger partial charge in [0, 0.05) is 63.6 Å². The van der Waals surface area contributed by atoms with Crippen LogP contribution >= 0.6 is 0 Å². The monoisotopic (exact) mass is 559 g/mol. The molecule has 3 aromatic heterocycles. The summed E-state index contributed by atoms with van der Waals surface area (Å²) in [6.45, 7) is 8.59. The number of nitrogens with one attached hydrogen (secondary N) is 1. The standard InChI is InChI=1S/C30H41N9O2/c1-21(40)36-13-7-27-25(20-36)30(35-39(27)24-8-15-41-16-9-24)38-12-2-3-26-28(38)18-32-29(34-26)23-17-33-37(19-23)14-6-22-4-10-31-11-5-22/h17-19,22,24,31H,2-16,20H2,1H3. The largest absolute Gasteiger partial charge is 0.381 e. The number of ether oxygens (including phenoxy) is 1. The number of aromatic nitrogens is 6. The minimum atomic E-state index is 0.115. The van der Waals surface area contributed by atoms with Crippen LogP contribution in [0.25, 0.3) is 11.4 Å². The van der Waals surface area contributed by atoms with E-state index >= 15 is 0 Å². The average Bonchev–Trinajstić information content (AvgIpc) is 3.65. The van der Waals surface area contributed by atoms with Crippen molar-refractivity contribution in [3.05, 3.63) is 35.5 Å². The summed E-state index contributed by atoms with van der Waals surface area (Å²) in [7, 11) is 0. The first-order chi connectivity index (χ1) is 20.1. The van der Waals surface area contributed by atoms with Crippen molar-refractivity contribution < 1.29 is 9.53 Å². The zero-order valence-corrected chi connectivity index (χ0v) is 24.1. The molecule has 2 fully saturated rings. The van der Waals surface area contributed by atoms with Crippen LogP contribution < -0.4 is 10.2 Å². The minimum Gasteiger partial charge on any atom is -0.381 e. The fourth-order valence-corrected chi connectivity index (χ4v) is 6.94. The lowest BCUT2D eigenvalue weighted by atomic mass is 9.95. The summed E-state index contributed by atoms with van der Waals surface area (Å²) in [5, 5.41) is 13.3. The maximum Gasteiger partial charge on any atom is 0.219 e. The third-order valence-electron chi connectivity index (χ3n) is 9.35. The van der Waals surface area contributed by atoms with Gasteiger partial charge in [0.05, 0.1) is 41.9 Å². The van der Waals surface area contributed by atoms with E-state index in [1.54, 1.807) is 6.92 Å². The van der Waals surface area contributed by atoms with Crippen LogP contribution in [0.5, 0.6) is 0 Å². The summed E-state index contributed by atoms with van der Waals surface area (Å²) in [5.41, 5.74) is 5.49. The van der Waals surface area contributed by atoms with Crippen LogP contribution in [0.4, 0.5) is 11.5 Å². The molecule has 218 valence electrons. The van der Waals surface area contributed by atoms with E-state index < -0.39 is 0 Å². The Morgan fingerprint density at radius 2 is 1.95 bits per heavy atom. The predicted molar refractivity (Wildman–Crippen MR) is 155 cm³/mol. The van der Waals surface area contributed by atoms with Gasteiger partial charge in [0.15, 0.2) is 11.6 Å². The van der Waals surface area contributed by atoms with Crippen molar-refractivity contribution in [3.63, 3.8) is 0 Å². The van der Waals surface area contributed by atoms with Crippen LogP contribution in [0, 0.1) is 5.92 Å². The van der Waals surface area contributed by atoms with E-state index in [0.717, 1.165) is 119 Å². The van der Waals surface area contributed by atoms with Crippen LogP contribution in [0.15, 0.2) is 18.6 Å². The Morgan fingerprint density at radius 1 is 1.10 bits per heavy atom. The number of hydrogen-bond acceptors (Lipinski definition) is 8. The van der Waals surface area contributed by atoms with E-state index in [9.17, 15) is 4.79 Å². The van der Waals surface area contributed by atoms with Crippen LogP contribution in [0.1, 0.15) is 68.4 Å². The summed E-state index contributed by atoms with van der Waals surface area (Å²) < 4.78 is 9.95. The van der Waals surface area contributed by atoms with E-state index in [2.05, 4.69) is 26.2 Å². The molecule has 0 bridgehead atoms.